The second-order valence-electron chi connectivity index (χ2n) is 33.6. The first-order valence-corrected chi connectivity index (χ1v) is 45.5. The van der Waals surface area contributed by atoms with Crippen molar-refractivity contribution in [3.05, 3.63) is 205 Å². The number of benzene rings is 6. The molecule has 510 valence electrons. The Kier molecular flexibility index (Phi) is 23.6. The Bertz CT molecular complexity index is 4310. The van der Waals surface area contributed by atoms with E-state index in [2.05, 4.69) is 288 Å². The first kappa shape index (κ1) is 78.8. The fraction of sp³-hybridized carbons (Fsp3) is 0.471. The molecule has 16 rings (SSSR count). The minimum atomic E-state index is -1.88. The van der Waals surface area contributed by atoms with E-state index in [1.54, 1.807) is 0 Å². The molecule has 1 saturated heterocycles. The molecular weight excluding hydrogens is 1280 g/mol. The molecule has 12 heteroatoms. The summed E-state index contributed by atoms with van der Waals surface area (Å²) in [5.74, 6) is 4.93. The van der Waals surface area contributed by atoms with Crippen molar-refractivity contribution in [3.8, 4) is 33.4 Å². The molecule has 10 unspecified atom stereocenters. The molecule has 3 saturated carbocycles. The maximum Gasteiger partial charge on any atom is 4.00 e. The SMILES string of the molecule is CC1CCC2C(C1)C1C3CCCCC3C([Si](C)(C)[N-]C(C)(C)C)C1N2C.Cc1ccc2c(c1)c1c(n2C)C([Si](C)(C)Cl)c2ccccc2-1.Cc1ccc2c(c1)c1c(n2C)C([Si](C)(C)NC(C)(C)C)c2ccccc2-1.Cc1ccc2c(c1)c1c(n2C)Cc2ccccc2-1.[CH3-].[CH3-].[CH3-].[Li+].[Ti+4]. The van der Waals surface area contributed by atoms with E-state index < -0.39 is 23.9 Å². The Labute approximate surface area is 622 Å². The third-order valence-electron chi connectivity index (χ3n) is 23.3. The van der Waals surface area contributed by atoms with Crippen LogP contribution in [-0.2, 0) is 49.3 Å². The standard InChI is InChI=1S/C23H43N2Si.C23H30N2Si.C19H20ClNSi.C17H15N.3CH3.Li.Ti/c2*1-15-12-13-19-18(14-15)20-16-10-8-9-11-17(16)22(21(20)25(19)5)26(6,7)24-23(2,3)4;1-12-9-10-16-15(11-12)17-13-7-5-6-8-14(13)19(22(3,4)20)18(17)21(16)2;1-11-7-8-15-14(9-11)17-13-6-4-3-5-12(13)10-16(17)18(15)2;;;;;/h15-22H,8-14H2,1-7H3;8-14,22,24H,1-7H3;5-11,19H,1-4H3;3-9H,10H2,1-2H3;3*1H3;;/q-1;;;;3*-1;+1;+4. The van der Waals surface area contributed by atoms with Gasteiger partial charge in [-0.25, -0.2) is 0 Å². The summed E-state index contributed by atoms with van der Waals surface area (Å²) in [7, 11) is 3.81. The van der Waals surface area contributed by atoms with Crippen LogP contribution in [0.4, 0.5) is 0 Å². The van der Waals surface area contributed by atoms with Gasteiger partial charge in [0.15, 0.2) is 7.38 Å². The van der Waals surface area contributed by atoms with Crippen molar-refractivity contribution in [2.24, 2.45) is 50.7 Å². The predicted molar refractivity (Wildman–Crippen MR) is 424 cm³/mol. The number of nitrogens with zero attached hydrogens (tertiary/aromatic N) is 5. The summed E-state index contributed by atoms with van der Waals surface area (Å²) in [6.45, 7) is 37.6. The third-order valence-corrected chi connectivity index (χ3v) is 33.0. The summed E-state index contributed by atoms with van der Waals surface area (Å²) in [5.41, 5.74) is 27.2. The van der Waals surface area contributed by atoms with Crippen LogP contribution < -0.4 is 23.8 Å². The van der Waals surface area contributed by atoms with Crippen LogP contribution in [0.5, 0.6) is 0 Å². The molecule has 0 amide bonds. The Hall–Kier alpha value is -3.93. The molecule has 4 heterocycles. The Morgan fingerprint density at radius 3 is 1.49 bits per heavy atom. The zero-order valence-corrected chi connectivity index (χ0v) is 69.5. The summed E-state index contributed by atoms with van der Waals surface area (Å²) in [6, 6.07) is 48.7. The van der Waals surface area contributed by atoms with E-state index in [0.717, 1.165) is 53.6 Å². The van der Waals surface area contributed by atoms with Crippen LogP contribution in [0.1, 0.15) is 155 Å². The van der Waals surface area contributed by atoms with E-state index in [9.17, 15) is 0 Å². The molecular formula is C85H117ClLiN6Si3Ti+. The molecule has 10 atom stereocenters. The minimum absolute atomic E-state index is 0. The van der Waals surface area contributed by atoms with E-state index >= 15 is 0 Å². The normalized spacial score (nSPS) is 23.2. The monoisotopic (exact) mass is 1400 g/mol. The maximum atomic E-state index is 6.95. The van der Waals surface area contributed by atoms with Crippen molar-refractivity contribution in [2.75, 3.05) is 7.05 Å². The van der Waals surface area contributed by atoms with E-state index in [-0.39, 0.29) is 73.9 Å². The summed E-state index contributed by atoms with van der Waals surface area (Å²) >= 11 is 6.95. The van der Waals surface area contributed by atoms with E-state index in [0.29, 0.717) is 11.1 Å². The van der Waals surface area contributed by atoms with Crippen LogP contribution in [0.25, 0.3) is 71.1 Å². The summed E-state index contributed by atoms with van der Waals surface area (Å²) in [6.07, 6.45) is 11.5. The van der Waals surface area contributed by atoms with Crippen LogP contribution in [0.2, 0.25) is 44.8 Å². The van der Waals surface area contributed by atoms with Crippen molar-refractivity contribution in [1.82, 2.24) is 23.6 Å². The van der Waals surface area contributed by atoms with Gasteiger partial charge in [0.25, 0.3) is 0 Å². The maximum absolute atomic E-state index is 6.95. The van der Waals surface area contributed by atoms with Crippen molar-refractivity contribution in [3.63, 3.8) is 0 Å². The van der Waals surface area contributed by atoms with Crippen LogP contribution >= 0.6 is 11.1 Å². The predicted octanol–water partition coefficient (Wildman–Crippen LogP) is 20.0. The van der Waals surface area contributed by atoms with Gasteiger partial charge in [-0.05, 0) is 179 Å². The first-order valence-electron chi connectivity index (χ1n) is 35.3. The van der Waals surface area contributed by atoms with Crippen molar-refractivity contribution >= 4 is 67.6 Å². The van der Waals surface area contributed by atoms with Gasteiger partial charge in [0.2, 0.25) is 0 Å². The van der Waals surface area contributed by atoms with Crippen molar-refractivity contribution in [2.45, 2.75) is 200 Å². The molecule has 0 bridgehead atoms. The summed E-state index contributed by atoms with van der Waals surface area (Å²) < 4.78 is 7.17. The van der Waals surface area contributed by atoms with Crippen LogP contribution in [0.3, 0.4) is 0 Å². The zero-order valence-electron chi connectivity index (χ0n) is 64.2. The van der Waals surface area contributed by atoms with E-state index in [4.69, 9.17) is 16.1 Å². The zero-order chi connectivity index (χ0) is 65.6. The fourth-order valence-corrected chi connectivity index (χ4v) is 32.1. The van der Waals surface area contributed by atoms with Crippen molar-refractivity contribution < 1.29 is 40.6 Å². The van der Waals surface area contributed by atoms with Crippen molar-refractivity contribution in [1.29, 1.82) is 0 Å². The van der Waals surface area contributed by atoms with E-state index in [1.165, 1.54) is 161 Å². The van der Waals surface area contributed by atoms with Crippen LogP contribution in [-0.4, -0.2) is 72.7 Å². The Morgan fingerprint density at radius 2 is 0.990 bits per heavy atom. The van der Waals surface area contributed by atoms with Gasteiger partial charge in [0, 0.05) is 123 Å². The second kappa shape index (κ2) is 29.1. The second-order valence-corrected chi connectivity index (χ2v) is 48.7. The Balaban J connectivity index is 0.000000164. The molecule has 1 aliphatic heterocycles. The topological polar surface area (TPSA) is 44.2 Å². The number of aryl methyl sites for hydroxylation is 6. The molecule has 0 spiro atoms. The molecule has 6 aromatic carbocycles. The number of halogens is 1. The molecule has 1 N–H and O–H groups in total. The van der Waals surface area contributed by atoms with Gasteiger partial charge in [-0.3, -0.25) is 4.90 Å². The average molecular weight is 1400 g/mol. The fourth-order valence-electron chi connectivity index (χ4n) is 20.7. The minimum Gasteiger partial charge on any atom is -0.660 e. The number of nitrogens with one attached hydrogen (secondary N) is 1. The van der Waals surface area contributed by atoms with Gasteiger partial charge in [-0.15, -0.1) is 5.54 Å². The molecule has 7 aliphatic rings. The molecule has 9 aromatic rings. The molecule has 0 radical (unpaired) electrons. The Morgan fingerprint density at radius 1 is 0.536 bits per heavy atom. The molecule has 3 aromatic heterocycles. The van der Waals surface area contributed by atoms with Gasteiger partial charge in [0.1, 0.15) is 8.24 Å². The number of hydrogen-bond acceptors (Lipinski definition) is 2. The smallest absolute Gasteiger partial charge is 0.660 e. The third kappa shape index (κ3) is 14.1. The first-order chi connectivity index (χ1) is 43.3. The van der Waals surface area contributed by atoms with Gasteiger partial charge < -0.3 is 45.9 Å². The summed E-state index contributed by atoms with van der Waals surface area (Å²) in [4.78, 5) is 12.5. The van der Waals surface area contributed by atoms with E-state index in [1.807, 2.05) is 0 Å². The molecule has 6 nitrogen and oxygen atoms in total. The molecule has 97 heavy (non-hydrogen) atoms. The number of fused-ring (bicyclic) bond motifs is 20. The molecule has 4 fully saturated rings. The van der Waals surface area contributed by atoms with Crippen LogP contribution in [0, 0.1) is 72.6 Å². The number of rotatable bonds is 5. The van der Waals surface area contributed by atoms with Gasteiger partial charge in [-0.1, -0.05) is 202 Å². The van der Waals surface area contributed by atoms with Gasteiger partial charge in [0.05, 0.1) is 0 Å². The van der Waals surface area contributed by atoms with Gasteiger partial charge in [-0.2, -0.15) is 11.1 Å². The average Bonchev–Trinajstić information content (AvgIpc) is 1.57. The number of likely N-dealkylation sites (tertiary alicyclic amines) is 1. The number of hydrogen-bond donors (Lipinski definition) is 1. The van der Waals surface area contributed by atoms with Gasteiger partial charge >= 0.3 is 40.6 Å². The van der Waals surface area contributed by atoms with Crippen LogP contribution in [0.15, 0.2) is 127 Å². The quantitative estimate of drug-likeness (QED) is 0.106. The number of aromatic nitrogens is 3. The molecule has 6 aliphatic carbocycles. The summed E-state index contributed by atoms with van der Waals surface area (Å²) in [5, 5.41) is 4.16. The largest absolute Gasteiger partial charge is 4.00 e.